The van der Waals surface area contributed by atoms with E-state index in [-0.39, 0.29) is 5.91 Å². The van der Waals surface area contributed by atoms with Crippen molar-refractivity contribution in [3.8, 4) is 5.75 Å². The number of hydrogen-bond acceptors (Lipinski definition) is 4. The number of nitrogens with one attached hydrogen (secondary N) is 1. The fourth-order valence-corrected chi connectivity index (χ4v) is 1.89. The Morgan fingerprint density at radius 1 is 1.00 bits per heavy atom. The Kier molecular flexibility index (Phi) is 5.36. The number of amides is 1. The molecule has 0 aromatic heterocycles. The Morgan fingerprint density at radius 3 is 2.17 bits per heavy atom. The molecule has 5 nitrogen and oxygen atoms in total. The lowest BCUT2D eigenvalue weighted by Gasteiger charge is -2.14. The van der Waals surface area contributed by atoms with Crippen LogP contribution in [-0.4, -0.2) is 25.1 Å². The molecule has 0 saturated carbocycles. The molecule has 1 N–H and O–H groups in total. The molecule has 23 heavy (non-hydrogen) atoms. The summed E-state index contributed by atoms with van der Waals surface area (Å²) < 4.78 is 10.2. The first-order valence-corrected chi connectivity index (χ1v) is 7.22. The van der Waals surface area contributed by atoms with Gasteiger partial charge in [-0.05, 0) is 50.2 Å². The molecule has 120 valence electrons. The van der Waals surface area contributed by atoms with E-state index in [0.29, 0.717) is 17.0 Å². The quantitative estimate of drug-likeness (QED) is 0.861. The summed E-state index contributed by atoms with van der Waals surface area (Å²) in [5.74, 6) is -0.290. The van der Waals surface area contributed by atoms with E-state index in [1.165, 1.54) is 6.92 Å². The van der Waals surface area contributed by atoms with Crippen LogP contribution in [0.4, 0.5) is 5.69 Å². The maximum atomic E-state index is 12.1. The minimum Gasteiger partial charge on any atom is -0.497 e. The largest absolute Gasteiger partial charge is 0.497 e. The summed E-state index contributed by atoms with van der Waals surface area (Å²) in [5, 5.41) is 2.71. The second-order valence-corrected chi connectivity index (χ2v) is 5.13. The van der Waals surface area contributed by atoms with Crippen LogP contribution in [0.15, 0.2) is 48.5 Å². The van der Waals surface area contributed by atoms with Crippen LogP contribution in [0.1, 0.15) is 22.8 Å². The summed E-state index contributed by atoms with van der Waals surface area (Å²) in [6.07, 6.45) is -0.897. The van der Waals surface area contributed by atoms with Gasteiger partial charge in [-0.3, -0.25) is 4.79 Å². The van der Waals surface area contributed by atoms with Crippen LogP contribution in [0, 0.1) is 6.92 Å². The fraction of sp³-hybridized carbons (Fsp3) is 0.222. The van der Waals surface area contributed by atoms with Gasteiger partial charge in [-0.1, -0.05) is 17.7 Å². The van der Waals surface area contributed by atoms with E-state index < -0.39 is 12.1 Å². The summed E-state index contributed by atoms with van der Waals surface area (Å²) in [4.78, 5) is 24.1. The topological polar surface area (TPSA) is 64.6 Å². The molecule has 0 spiro atoms. The first-order valence-electron chi connectivity index (χ1n) is 7.22. The zero-order valence-corrected chi connectivity index (χ0v) is 13.3. The van der Waals surface area contributed by atoms with Crippen molar-refractivity contribution in [2.45, 2.75) is 20.0 Å². The molecular weight excluding hydrogens is 294 g/mol. The highest BCUT2D eigenvalue weighted by atomic mass is 16.5. The van der Waals surface area contributed by atoms with Gasteiger partial charge in [-0.15, -0.1) is 0 Å². The van der Waals surface area contributed by atoms with Gasteiger partial charge >= 0.3 is 5.97 Å². The van der Waals surface area contributed by atoms with Gasteiger partial charge in [-0.25, -0.2) is 4.79 Å². The molecule has 0 unspecified atom stereocenters. The number of anilines is 1. The minimum atomic E-state index is -0.897. The number of esters is 1. The average molecular weight is 313 g/mol. The predicted molar refractivity (Wildman–Crippen MR) is 87.7 cm³/mol. The molecule has 2 aromatic carbocycles. The molecule has 0 aliphatic rings. The third-order valence-electron chi connectivity index (χ3n) is 3.30. The van der Waals surface area contributed by atoms with Gasteiger partial charge in [0.1, 0.15) is 5.75 Å². The minimum absolute atomic E-state index is 0.362. The van der Waals surface area contributed by atoms with Gasteiger partial charge in [0.2, 0.25) is 0 Å². The maximum absolute atomic E-state index is 12.1. The van der Waals surface area contributed by atoms with E-state index >= 15 is 0 Å². The molecule has 0 heterocycles. The molecule has 0 aliphatic carbocycles. The number of ether oxygens (including phenoxy) is 2. The van der Waals surface area contributed by atoms with E-state index in [1.54, 1.807) is 43.5 Å². The Balaban J connectivity index is 1.94. The second kappa shape index (κ2) is 7.45. The number of benzene rings is 2. The third-order valence-corrected chi connectivity index (χ3v) is 3.30. The highest BCUT2D eigenvalue weighted by Crippen LogP contribution is 2.14. The van der Waals surface area contributed by atoms with E-state index in [0.717, 1.165) is 5.56 Å². The summed E-state index contributed by atoms with van der Waals surface area (Å²) >= 11 is 0. The first kappa shape index (κ1) is 16.5. The van der Waals surface area contributed by atoms with Crippen molar-refractivity contribution in [1.29, 1.82) is 0 Å². The lowest BCUT2D eigenvalue weighted by molar-refractivity contribution is -0.123. The lowest BCUT2D eigenvalue weighted by atomic mass is 10.2. The van der Waals surface area contributed by atoms with Gasteiger partial charge in [0, 0.05) is 5.69 Å². The number of carbonyl (C=O) groups is 2. The number of hydrogen-bond donors (Lipinski definition) is 1. The molecule has 1 amide bonds. The van der Waals surface area contributed by atoms with Gasteiger partial charge in [0.15, 0.2) is 6.10 Å². The Labute approximate surface area is 135 Å². The highest BCUT2D eigenvalue weighted by molar-refractivity contribution is 5.97. The van der Waals surface area contributed by atoms with E-state index in [9.17, 15) is 9.59 Å². The van der Waals surface area contributed by atoms with Crippen LogP contribution < -0.4 is 10.1 Å². The molecule has 2 aromatic rings. The fourth-order valence-electron chi connectivity index (χ4n) is 1.89. The van der Waals surface area contributed by atoms with Crippen molar-refractivity contribution in [2.24, 2.45) is 0 Å². The van der Waals surface area contributed by atoms with E-state index in [1.807, 2.05) is 19.1 Å². The Morgan fingerprint density at radius 2 is 1.61 bits per heavy atom. The monoisotopic (exact) mass is 313 g/mol. The SMILES string of the molecule is COc1ccc(C(=O)O[C@@H](C)C(=O)Nc2ccc(C)cc2)cc1. The van der Waals surface area contributed by atoms with Gasteiger partial charge in [0.25, 0.3) is 5.91 Å². The van der Waals surface area contributed by atoms with Gasteiger partial charge in [-0.2, -0.15) is 0 Å². The smallest absolute Gasteiger partial charge is 0.338 e. The second-order valence-electron chi connectivity index (χ2n) is 5.13. The first-order chi connectivity index (χ1) is 11.0. The molecule has 1 atom stereocenters. The number of carbonyl (C=O) groups excluding carboxylic acids is 2. The van der Waals surface area contributed by atoms with E-state index in [2.05, 4.69) is 5.32 Å². The Hall–Kier alpha value is -2.82. The summed E-state index contributed by atoms with van der Waals surface area (Å²) in [6, 6.07) is 13.9. The van der Waals surface area contributed by atoms with Crippen molar-refractivity contribution < 1.29 is 19.1 Å². The maximum Gasteiger partial charge on any atom is 0.338 e. The highest BCUT2D eigenvalue weighted by Gasteiger charge is 2.19. The summed E-state index contributed by atoms with van der Waals surface area (Å²) in [5.41, 5.74) is 2.12. The van der Waals surface area contributed by atoms with Crippen LogP contribution in [-0.2, 0) is 9.53 Å². The molecule has 0 radical (unpaired) electrons. The average Bonchev–Trinajstić information content (AvgIpc) is 2.56. The zero-order valence-electron chi connectivity index (χ0n) is 13.3. The van der Waals surface area contributed by atoms with Crippen LogP contribution in [0.5, 0.6) is 5.75 Å². The van der Waals surface area contributed by atoms with Gasteiger partial charge < -0.3 is 14.8 Å². The standard InChI is InChI=1S/C18H19NO4/c1-12-4-8-15(9-5-12)19-17(20)13(2)23-18(21)14-6-10-16(22-3)11-7-14/h4-11,13H,1-3H3,(H,19,20)/t13-/m0/s1. The number of methoxy groups -OCH3 is 1. The Bertz CT molecular complexity index is 677. The summed E-state index contributed by atoms with van der Waals surface area (Å²) in [7, 11) is 1.55. The summed E-state index contributed by atoms with van der Waals surface area (Å²) in [6.45, 7) is 3.50. The van der Waals surface area contributed by atoms with Crippen LogP contribution in [0.3, 0.4) is 0 Å². The third kappa shape index (κ3) is 4.57. The molecule has 0 fully saturated rings. The van der Waals surface area contributed by atoms with Crippen molar-refractivity contribution in [2.75, 3.05) is 12.4 Å². The molecule has 2 rings (SSSR count). The van der Waals surface area contributed by atoms with Gasteiger partial charge in [0.05, 0.1) is 12.7 Å². The molecular formula is C18H19NO4. The van der Waals surface area contributed by atoms with Crippen LogP contribution >= 0.6 is 0 Å². The predicted octanol–water partition coefficient (Wildman–Crippen LogP) is 3.19. The molecule has 0 aliphatic heterocycles. The van der Waals surface area contributed by atoms with Crippen molar-refractivity contribution >= 4 is 17.6 Å². The molecule has 0 saturated heterocycles. The van der Waals surface area contributed by atoms with Crippen LogP contribution in [0.2, 0.25) is 0 Å². The van der Waals surface area contributed by atoms with Crippen molar-refractivity contribution in [3.05, 3.63) is 59.7 Å². The molecule has 0 bridgehead atoms. The van der Waals surface area contributed by atoms with Crippen molar-refractivity contribution in [3.63, 3.8) is 0 Å². The van der Waals surface area contributed by atoms with Crippen LogP contribution in [0.25, 0.3) is 0 Å². The molecule has 5 heteroatoms. The lowest BCUT2D eigenvalue weighted by Crippen LogP contribution is -2.30. The van der Waals surface area contributed by atoms with Crippen molar-refractivity contribution in [1.82, 2.24) is 0 Å². The normalized spacial score (nSPS) is 11.4. The zero-order chi connectivity index (χ0) is 16.8. The number of rotatable bonds is 5. The number of aryl methyl sites for hydroxylation is 1. The van der Waals surface area contributed by atoms with E-state index in [4.69, 9.17) is 9.47 Å².